The second-order valence-corrected chi connectivity index (χ2v) is 11.1. The quantitative estimate of drug-likeness (QED) is 0.482. The number of rotatable bonds is 8. The number of fused-ring (bicyclic) bond motifs is 10. The van der Waals surface area contributed by atoms with Gasteiger partial charge in [0.05, 0.1) is 6.04 Å². The number of hydrogen-bond donors (Lipinski definition) is 3. The van der Waals surface area contributed by atoms with Gasteiger partial charge in [-0.2, -0.15) is 0 Å². The molecule has 3 amide bonds. The number of ether oxygens (including phenoxy) is 1. The van der Waals surface area contributed by atoms with Gasteiger partial charge in [0.25, 0.3) is 0 Å². The van der Waals surface area contributed by atoms with E-state index in [0.717, 1.165) is 11.1 Å². The molecule has 210 valence electrons. The Hall–Kier alpha value is -3.65. The zero-order valence-corrected chi connectivity index (χ0v) is 23.8. The maximum atomic E-state index is 13.9. The maximum Gasteiger partial charge on any atom is 0.247 e. The van der Waals surface area contributed by atoms with Crippen molar-refractivity contribution in [3.8, 4) is 5.75 Å². The molecule has 0 fully saturated rings. The largest absolute Gasteiger partial charge is 0.487 e. The van der Waals surface area contributed by atoms with E-state index in [-0.39, 0.29) is 23.7 Å². The lowest BCUT2D eigenvalue weighted by atomic mass is 9.96. The summed E-state index contributed by atoms with van der Waals surface area (Å²) in [5, 5.41) is 8.70. The van der Waals surface area contributed by atoms with Gasteiger partial charge in [-0.05, 0) is 68.1 Å². The molecule has 4 rings (SSSR count). The number of nitrogens with zero attached hydrogens (tertiary/aromatic N) is 1. The molecule has 0 aromatic heterocycles. The monoisotopic (exact) mass is 534 g/mol. The van der Waals surface area contributed by atoms with Crippen molar-refractivity contribution in [1.29, 1.82) is 0 Å². The van der Waals surface area contributed by atoms with Crippen molar-refractivity contribution in [1.82, 2.24) is 20.9 Å². The first-order valence-electron chi connectivity index (χ1n) is 13.6. The lowest BCUT2D eigenvalue weighted by molar-refractivity contribution is -0.136. The van der Waals surface area contributed by atoms with Crippen LogP contribution in [0.25, 0.3) is 6.08 Å². The number of carbonyl (C=O) groups excluding carboxylic acids is 3. The van der Waals surface area contributed by atoms with Crippen molar-refractivity contribution in [3.63, 3.8) is 0 Å². The summed E-state index contributed by atoms with van der Waals surface area (Å²) in [4.78, 5) is 42.5. The summed E-state index contributed by atoms with van der Waals surface area (Å²) in [6, 6.07) is 14.8. The molecule has 0 saturated carbocycles. The fraction of sp³-hybridized carbons (Fsp3) is 0.452. The minimum Gasteiger partial charge on any atom is -0.487 e. The van der Waals surface area contributed by atoms with Crippen LogP contribution in [0.2, 0.25) is 0 Å². The van der Waals surface area contributed by atoms with E-state index >= 15 is 0 Å². The maximum absolute atomic E-state index is 13.9. The van der Waals surface area contributed by atoms with Gasteiger partial charge in [0, 0.05) is 6.20 Å². The average Bonchev–Trinajstić information content (AvgIpc) is 2.89. The average molecular weight is 535 g/mol. The Morgan fingerprint density at radius 2 is 1.64 bits per heavy atom. The standard InChI is InChI=1S/C31H42N4O4/c1-20(2)18-25-29(36)32-17-16-22-12-14-24(15-13-22)39-28(21(3)4)27(31(38)33-25)34-30(37)26(35(5)6)19-23-10-8-7-9-11-23/h7-17,20-21,25-28H,18-19H2,1-6H3,(H,32,36)(H,33,38)(H,34,37)/b17-16-/t25-,26-,27-,28+/m0/s1. The summed E-state index contributed by atoms with van der Waals surface area (Å²) in [6.45, 7) is 7.88. The topological polar surface area (TPSA) is 99.8 Å². The Labute approximate surface area is 232 Å². The molecular formula is C31H42N4O4. The normalized spacial score (nSPS) is 21.6. The Bertz CT molecular complexity index is 1130. The molecule has 8 heteroatoms. The Kier molecular flexibility index (Phi) is 10.7. The summed E-state index contributed by atoms with van der Waals surface area (Å²) in [6.07, 6.45) is 3.61. The molecule has 2 bridgehead atoms. The predicted molar refractivity (Wildman–Crippen MR) is 154 cm³/mol. The fourth-order valence-electron chi connectivity index (χ4n) is 4.58. The summed E-state index contributed by atoms with van der Waals surface area (Å²) in [7, 11) is 3.69. The van der Waals surface area contributed by atoms with Gasteiger partial charge in [-0.25, -0.2) is 0 Å². The van der Waals surface area contributed by atoms with Crippen molar-refractivity contribution < 1.29 is 19.1 Å². The number of likely N-dealkylation sites (N-methyl/N-ethyl adjacent to an activating group) is 1. The summed E-state index contributed by atoms with van der Waals surface area (Å²) < 4.78 is 6.35. The van der Waals surface area contributed by atoms with Crippen LogP contribution in [0.4, 0.5) is 0 Å². The van der Waals surface area contributed by atoms with Crippen LogP contribution in [0.3, 0.4) is 0 Å². The van der Waals surface area contributed by atoms with Gasteiger partial charge in [0.2, 0.25) is 17.7 Å². The van der Waals surface area contributed by atoms with Crippen LogP contribution in [0, 0.1) is 11.8 Å². The third-order valence-electron chi connectivity index (χ3n) is 6.76. The van der Waals surface area contributed by atoms with E-state index in [2.05, 4.69) is 16.0 Å². The molecule has 3 N–H and O–H groups in total. The van der Waals surface area contributed by atoms with Crippen molar-refractivity contribution in [2.45, 2.75) is 64.8 Å². The predicted octanol–water partition coefficient (Wildman–Crippen LogP) is 3.38. The lowest BCUT2D eigenvalue weighted by Crippen LogP contribution is -2.62. The number of carbonyl (C=O) groups is 3. The van der Waals surface area contributed by atoms with E-state index < -0.39 is 30.1 Å². The highest BCUT2D eigenvalue weighted by atomic mass is 16.5. The van der Waals surface area contributed by atoms with Gasteiger partial charge in [0.1, 0.15) is 23.9 Å². The number of amides is 3. The molecule has 8 nitrogen and oxygen atoms in total. The second kappa shape index (κ2) is 13.9. The van der Waals surface area contributed by atoms with Crippen LogP contribution in [0.1, 0.15) is 45.2 Å². The Morgan fingerprint density at radius 1 is 0.974 bits per heavy atom. The van der Waals surface area contributed by atoms with Crippen LogP contribution in [-0.2, 0) is 20.8 Å². The van der Waals surface area contributed by atoms with Crippen LogP contribution < -0.4 is 20.7 Å². The van der Waals surface area contributed by atoms with Crippen LogP contribution >= 0.6 is 0 Å². The van der Waals surface area contributed by atoms with E-state index in [0.29, 0.717) is 18.6 Å². The molecule has 0 aliphatic carbocycles. The third-order valence-corrected chi connectivity index (χ3v) is 6.76. The highest BCUT2D eigenvalue weighted by Crippen LogP contribution is 2.21. The van der Waals surface area contributed by atoms with Gasteiger partial charge in [0.15, 0.2) is 0 Å². The molecular weight excluding hydrogens is 492 g/mol. The molecule has 2 heterocycles. The van der Waals surface area contributed by atoms with Gasteiger partial charge in [-0.1, -0.05) is 70.2 Å². The van der Waals surface area contributed by atoms with E-state index in [1.807, 2.05) is 101 Å². The molecule has 2 aliphatic heterocycles. The molecule has 4 atom stereocenters. The third kappa shape index (κ3) is 8.68. The minimum atomic E-state index is -1.03. The molecule has 0 spiro atoms. The first kappa shape index (κ1) is 29.9. The summed E-state index contributed by atoms with van der Waals surface area (Å²) in [5.74, 6) is -0.446. The molecule has 2 aromatic carbocycles. The molecule has 0 radical (unpaired) electrons. The van der Waals surface area contributed by atoms with Crippen molar-refractivity contribution in [2.75, 3.05) is 14.1 Å². The van der Waals surface area contributed by atoms with E-state index in [4.69, 9.17) is 4.74 Å². The minimum absolute atomic E-state index is 0.127. The SMILES string of the molecule is CC(C)C[C@@H]1NC(=O)[C@@H](NC(=O)[C@H](Cc2ccccc2)N(C)C)[C@@H](C(C)C)Oc2ccc(cc2)/C=C\NC1=O. The lowest BCUT2D eigenvalue weighted by Gasteiger charge is -2.34. The first-order chi connectivity index (χ1) is 18.5. The van der Waals surface area contributed by atoms with Gasteiger partial charge < -0.3 is 20.7 Å². The smallest absolute Gasteiger partial charge is 0.247 e. The molecule has 2 aliphatic rings. The van der Waals surface area contributed by atoms with Crippen LogP contribution in [0.15, 0.2) is 60.8 Å². The second-order valence-electron chi connectivity index (χ2n) is 11.1. The number of hydrogen-bond acceptors (Lipinski definition) is 5. The highest BCUT2D eigenvalue weighted by molar-refractivity contribution is 5.94. The van der Waals surface area contributed by atoms with Gasteiger partial charge >= 0.3 is 0 Å². The first-order valence-corrected chi connectivity index (χ1v) is 13.6. The molecule has 0 unspecified atom stereocenters. The Morgan fingerprint density at radius 3 is 2.23 bits per heavy atom. The summed E-state index contributed by atoms with van der Waals surface area (Å²) >= 11 is 0. The van der Waals surface area contributed by atoms with Crippen LogP contribution in [0.5, 0.6) is 5.75 Å². The zero-order valence-electron chi connectivity index (χ0n) is 23.8. The van der Waals surface area contributed by atoms with Gasteiger partial charge in [-0.15, -0.1) is 0 Å². The Balaban J connectivity index is 1.98. The molecule has 0 saturated heterocycles. The van der Waals surface area contributed by atoms with Crippen LogP contribution in [-0.4, -0.2) is 60.9 Å². The molecule has 2 aromatic rings. The zero-order chi connectivity index (χ0) is 28.5. The van der Waals surface area contributed by atoms with Gasteiger partial charge in [-0.3, -0.25) is 19.3 Å². The number of nitrogens with one attached hydrogen (secondary N) is 3. The number of benzene rings is 2. The summed E-state index contributed by atoms with van der Waals surface area (Å²) in [5.41, 5.74) is 1.91. The van der Waals surface area contributed by atoms with Crippen molar-refractivity contribution in [2.24, 2.45) is 11.8 Å². The highest BCUT2D eigenvalue weighted by Gasteiger charge is 2.38. The van der Waals surface area contributed by atoms with E-state index in [9.17, 15) is 14.4 Å². The van der Waals surface area contributed by atoms with E-state index in [1.165, 1.54) is 0 Å². The fourth-order valence-corrected chi connectivity index (χ4v) is 4.58. The molecule has 39 heavy (non-hydrogen) atoms. The van der Waals surface area contributed by atoms with Crippen molar-refractivity contribution in [3.05, 3.63) is 71.9 Å². The van der Waals surface area contributed by atoms with Crippen molar-refractivity contribution >= 4 is 23.8 Å². The van der Waals surface area contributed by atoms with E-state index in [1.54, 1.807) is 12.3 Å².